The molecule has 0 saturated heterocycles. The van der Waals surface area contributed by atoms with Crippen LogP contribution in [-0.2, 0) is 14.4 Å². The average molecular weight is 298 g/mol. The van der Waals surface area contributed by atoms with E-state index in [1.54, 1.807) is 0 Å². The molecule has 0 unspecified atom stereocenters. The molecule has 0 aromatic heterocycles. The molecular weight excluding hydrogens is 272 g/mol. The van der Waals surface area contributed by atoms with Gasteiger partial charge in [-0.15, -0.1) is 0 Å². The SMILES string of the molecule is CC(C)(C)C(=O)NCCC(=O)NC1CCC(C(=O)O)CC1. The number of hydrogen-bond acceptors (Lipinski definition) is 3. The van der Waals surface area contributed by atoms with Crippen molar-refractivity contribution in [2.75, 3.05) is 6.54 Å². The number of carbonyl (C=O) groups excluding carboxylic acids is 2. The first-order chi connectivity index (χ1) is 9.70. The van der Waals surface area contributed by atoms with Gasteiger partial charge in [0.05, 0.1) is 5.92 Å². The molecule has 0 heterocycles. The van der Waals surface area contributed by atoms with Crippen LogP contribution in [0.4, 0.5) is 0 Å². The number of carboxylic acids is 1. The molecule has 0 atom stereocenters. The third-order valence-corrected chi connectivity index (χ3v) is 3.76. The lowest BCUT2D eigenvalue weighted by molar-refractivity contribution is -0.142. The fraction of sp³-hybridized carbons (Fsp3) is 0.800. The van der Waals surface area contributed by atoms with Crippen molar-refractivity contribution in [2.45, 2.75) is 58.9 Å². The van der Waals surface area contributed by atoms with Gasteiger partial charge in [-0.2, -0.15) is 0 Å². The molecule has 0 aliphatic heterocycles. The Bertz CT molecular complexity index is 393. The quantitative estimate of drug-likeness (QED) is 0.713. The molecule has 3 N–H and O–H groups in total. The molecule has 6 nitrogen and oxygen atoms in total. The molecule has 0 aromatic rings. The first-order valence-electron chi connectivity index (χ1n) is 7.50. The minimum atomic E-state index is -0.746. The summed E-state index contributed by atoms with van der Waals surface area (Å²) in [5.41, 5.74) is -0.453. The zero-order valence-corrected chi connectivity index (χ0v) is 13.1. The summed E-state index contributed by atoms with van der Waals surface area (Å²) in [5.74, 6) is -1.19. The zero-order valence-electron chi connectivity index (χ0n) is 13.1. The second-order valence-corrected chi connectivity index (χ2v) is 6.71. The van der Waals surface area contributed by atoms with Crippen molar-refractivity contribution < 1.29 is 19.5 Å². The number of carbonyl (C=O) groups is 3. The van der Waals surface area contributed by atoms with Crippen molar-refractivity contribution in [1.29, 1.82) is 0 Å². The van der Waals surface area contributed by atoms with Gasteiger partial charge in [0, 0.05) is 24.4 Å². The van der Waals surface area contributed by atoms with E-state index in [0.29, 0.717) is 32.2 Å². The van der Waals surface area contributed by atoms with Crippen molar-refractivity contribution in [3.8, 4) is 0 Å². The summed E-state index contributed by atoms with van der Waals surface area (Å²) in [7, 11) is 0. The third-order valence-electron chi connectivity index (χ3n) is 3.76. The van der Waals surface area contributed by atoms with Crippen LogP contribution in [0.2, 0.25) is 0 Å². The second kappa shape index (κ2) is 7.43. The molecule has 0 bridgehead atoms. The summed E-state index contributed by atoms with van der Waals surface area (Å²) in [5, 5.41) is 14.6. The number of aliphatic carboxylic acids is 1. The van der Waals surface area contributed by atoms with Crippen LogP contribution in [0.15, 0.2) is 0 Å². The summed E-state index contributed by atoms with van der Waals surface area (Å²) >= 11 is 0. The van der Waals surface area contributed by atoms with Gasteiger partial charge in [0.25, 0.3) is 0 Å². The van der Waals surface area contributed by atoms with Crippen LogP contribution < -0.4 is 10.6 Å². The Kier molecular flexibility index (Phi) is 6.18. The van der Waals surface area contributed by atoms with Gasteiger partial charge >= 0.3 is 5.97 Å². The van der Waals surface area contributed by atoms with E-state index < -0.39 is 11.4 Å². The minimum absolute atomic E-state index is 0.0615. The van der Waals surface area contributed by atoms with Gasteiger partial charge in [0.1, 0.15) is 0 Å². The second-order valence-electron chi connectivity index (χ2n) is 6.71. The molecule has 1 aliphatic rings. The monoisotopic (exact) mass is 298 g/mol. The van der Waals surface area contributed by atoms with Crippen molar-refractivity contribution >= 4 is 17.8 Å². The number of carboxylic acid groups (broad SMARTS) is 1. The van der Waals surface area contributed by atoms with E-state index in [-0.39, 0.29) is 30.2 Å². The molecule has 6 heteroatoms. The molecule has 1 aliphatic carbocycles. The largest absolute Gasteiger partial charge is 0.481 e. The van der Waals surface area contributed by atoms with Crippen LogP contribution >= 0.6 is 0 Å². The highest BCUT2D eigenvalue weighted by atomic mass is 16.4. The number of nitrogens with one attached hydrogen (secondary N) is 2. The van der Waals surface area contributed by atoms with Crippen molar-refractivity contribution in [3.05, 3.63) is 0 Å². The maximum Gasteiger partial charge on any atom is 0.306 e. The van der Waals surface area contributed by atoms with Crippen LogP contribution in [0.25, 0.3) is 0 Å². The topological polar surface area (TPSA) is 95.5 Å². The fourth-order valence-corrected chi connectivity index (χ4v) is 2.34. The number of hydrogen-bond donors (Lipinski definition) is 3. The highest BCUT2D eigenvalue weighted by molar-refractivity contribution is 5.82. The zero-order chi connectivity index (χ0) is 16.0. The van der Waals surface area contributed by atoms with E-state index in [2.05, 4.69) is 10.6 Å². The van der Waals surface area contributed by atoms with Crippen molar-refractivity contribution in [3.63, 3.8) is 0 Å². The molecule has 120 valence electrons. The van der Waals surface area contributed by atoms with Gasteiger partial charge < -0.3 is 15.7 Å². The summed E-state index contributed by atoms with van der Waals surface area (Å²) in [6.07, 6.45) is 2.89. The van der Waals surface area contributed by atoms with E-state index in [1.807, 2.05) is 20.8 Å². The average Bonchev–Trinajstić information content (AvgIpc) is 2.38. The first-order valence-corrected chi connectivity index (χ1v) is 7.50. The lowest BCUT2D eigenvalue weighted by Gasteiger charge is -2.27. The molecule has 2 amide bonds. The molecule has 1 fully saturated rings. The van der Waals surface area contributed by atoms with Crippen molar-refractivity contribution in [2.24, 2.45) is 11.3 Å². The van der Waals surface area contributed by atoms with E-state index in [4.69, 9.17) is 5.11 Å². The predicted molar refractivity (Wildman–Crippen MR) is 78.6 cm³/mol. The minimum Gasteiger partial charge on any atom is -0.481 e. The summed E-state index contributed by atoms with van der Waals surface area (Å²) in [6, 6.07) is 0.0615. The molecular formula is C15H26N2O4. The Morgan fingerprint density at radius 2 is 1.67 bits per heavy atom. The summed E-state index contributed by atoms with van der Waals surface area (Å²) < 4.78 is 0. The maximum absolute atomic E-state index is 11.8. The summed E-state index contributed by atoms with van der Waals surface area (Å²) in [6.45, 7) is 5.79. The highest BCUT2D eigenvalue weighted by Gasteiger charge is 2.26. The first kappa shape index (κ1) is 17.5. The van der Waals surface area contributed by atoms with Crippen LogP contribution in [0.1, 0.15) is 52.9 Å². The molecule has 0 radical (unpaired) electrons. The normalized spacial score (nSPS) is 22.4. The fourth-order valence-electron chi connectivity index (χ4n) is 2.34. The Labute approximate surface area is 125 Å². The van der Waals surface area contributed by atoms with E-state index in [1.165, 1.54) is 0 Å². The van der Waals surface area contributed by atoms with Gasteiger partial charge in [-0.05, 0) is 25.7 Å². The van der Waals surface area contributed by atoms with Crippen molar-refractivity contribution in [1.82, 2.24) is 10.6 Å². The Morgan fingerprint density at radius 3 is 2.14 bits per heavy atom. The van der Waals surface area contributed by atoms with Gasteiger partial charge in [-0.1, -0.05) is 20.8 Å². The van der Waals surface area contributed by atoms with Gasteiger partial charge in [-0.25, -0.2) is 0 Å². The van der Waals surface area contributed by atoms with E-state index in [0.717, 1.165) is 0 Å². The molecule has 1 saturated carbocycles. The smallest absolute Gasteiger partial charge is 0.306 e. The van der Waals surface area contributed by atoms with Gasteiger partial charge in [-0.3, -0.25) is 14.4 Å². The van der Waals surface area contributed by atoms with Crippen LogP contribution in [-0.4, -0.2) is 35.5 Å². The Hall–Kier alpha value is -1.59. The summed E-state index contributed by atoms with van der Waals surface area (Å²) in [4.78, 5) is 34.3. The maximum atomic E-state index is 11.8. The number of rotatable bonds is 5. The lowest BCUT2D eigenvalue weighted by atomic mass is 9.86. The van der Waals surface area contributed by atoms with Gasteiger partial charge in [0.2, 0.25) is 11.8 Å². The molecule has 0 aromatic carbocycles. The van der Waals surface area contributed by atoms with Crippen LogP contribution in [0, 0.1) is 11.3 Å². The van der Waals surface area contributed by atoms with Crippen LogP contribution in [0.5, 0.6) is 0 Å². The number of amides is 2. The highest BCUT2D eigenvalue weighted by Crippen LogP contribution is 2.24. The van der Waals surface area contributed by atoms with Gasteiger partial charge in [0.15, 0.2) is 0 Å². The Morgan fingerprint density at radius 1 is 1.10 bits per heavy atom. The molecule has 0 spiro atoms. The molecule has 1 rings (SSSR count). The van der Waals surface area contributed by atoms with E-state index in [9.17, 15) is 14.4 Å². The standard InChI is InChI=1S/C15H26N2O4/c1-15(2,3)14(21)16-9-8-12(18)17-11-6-4-10(5-7-11)13(19)20/h10-11H,4-9H2,1-3H3,(H,16,21)(H,17,18)(H,19,20). The third kappa shape index (κ3) is 6.14. The Balaban J connectivity index is 2.20. The molecule has 21 heavy (non-hydrogen) atoms. The lowest BCUT2D eigenvalue weighted by Crippen LogP contribution is -2.41. The van der Waals surface area contributed by atoms with E-state index >= 15 is 0 Å². The van der Waals surface area contributed by atoms with Crippen LogP contribution in [0.3, 0.4) is 0 Å². The predicted octanol–water partition coefficient (Wildman–Crippen LogP) is 1.30.